The SMILES string of the molecule is CCc1cccc2c(/C(=C/C(=O)O)C3CC3)cn(C)c12. The number of benzene rings is 1. The number of carboxylic acids is 1. The summed E-state index contributed by atoms with van der Waals surface area (Å²) in [6, 6.07) is 6.31. The molecule has 0 amide bonds. The first-order valence-electron chi connectivity index (χ1n) is 7.13. The number of carbonyl (C=O) groups is 1. The summed E-state index contributed by atoms with van der Waals surface area (Å²) < 4.78 is 2.13. The number of aliphatic carboxylic acids is 1. The van der Waals surface area contributed by atoms with Gasteiger partial charge in [-0.15, -0.1) is 0 Å². The van der Waals surface area contributed by atoms with Crippen LogP contribution in [-0.4, -0.2) is 15.6 Å². The van der Waals surface area contributed by atoms with Crippen LogP contribution in [0.15, 0.2) is 30.5 Å². The van der Waals surface area contributed by atoms with Gasteiger partial charge < -0.3 is 9.67 Å². The molecule has 104 valence electrons. The van der Waals surface area contributed by atoms with Gasteiger partial charge in [-0.3, -0.25) is 0 Å². The highest BCUT2D eigenvalue weighted by molar-refractivity contribution is 6.00. The number of hydrogen-bond acceptors (Lipinski definition) is 1. The zero-order valence-corrected chi connectivity index (χ0v) is 11.9. The fourth-order valence-electron chi connectivity index (χ4n) is 3.01. The lowest BCUT2D eigenvalue weighted by molar-refractivity contribution is -0.131. The molecule has 0 radical (unpaired) electrons. The molecule has 1 aliphatic rings. The van der Waals surface area contributed by atoms with E-state index in [2.05, 4.69) is 35.9 Å². The third kappa shape index (κ3) is 2.13. The van der Waals surface area contributed by atoms with E-state index in [1.165, 1.54) is 22.5 Å². The van der Waals surface area contributed by atoms with Gasteiger partial charge in [0.05, 0.1) is 5.52 Å². The number of para-hydroxylation sites is 1. The Labute approximate surface area is 118 Å². The average molecular weight is 269 g/mol. The molecular weight excluding hydrogens is 250 g/mol. The van der Waals surface area contributed by atoms with E-state index < -0.39 is 5.97 Å². The van der Waals surface area contributed by atoms with Crippen LogP contribution in [0.3, 0.4) is 0 Å². The minimum Gasteiger partial charge on any atom is -0.478 e. The second-order valence-corrected chi connectivity index (χ2v) is 5.53. The molecule has 3 rings (SSSR count). The van der Waals surface area contributed by atoms with E-state index in [0.29, 0.717) is 5.92 Å². The maximum atomic E-state index is 11.1. The molecule has 3 heteroatoms. The number of fused-ring (bicyclic) bond motifs is 1. The van der Waals surface area contributed by atoms with Gasteiger partial charge in [0.25, 0.3) is 0 Å². The van der Waals surface area contributed by atoms with E-state index in [1.54, 1.807) is 0 Å². The normalized spacial score (nSPS) is 15.8. The summed E-state index contributed by atoms with van der Waals surface area (Å²) in [6.07, 6.45) is 6.66. The van der Waals surface area contributed by atoms with Crippen molar-refractivity contribution in [2.45, 2.75) is 26.2 Å². The third-order valence-electron chi connectivity index (χ3n) is 4.07. The van der Waals surface area contributed by atoms with Gasteiger partial charge in [-0.1, -0.05) is 25.1 Å². The topological polar surface area (TPSA) is 42.2 Å². The molecule has 1 N–H and O–H groups in total. The Kier molecular flexibility index (Phi) is 3.13. The number of aromatic nitrogens is 1. The van der Waals surface area contributed by atoms with Crippen LogP contribution in [0, 0.1) is 5.92 Å². The van der Waals surface area contributed by atoms with Crippen molar-refractivity contribution in [2.24, 2.45) is 13.0 Å². The zero-order valence-electron chi connectivity index (χ0n) is 11.9. The lowest BCUT2D eigenvalue weighted by Crippen LogP contribution is -1.94. The smallest absolute Gasteiger partial charge is 0.328 e. The molecule has 0 aliphatic heterocycles. The van der Waals surface area contributed by atoms with Crippen LogP contribution in [0.2, 0.25) is 0 Å². The van der Waals surface area contributed by atoms with Crippen LogP contribution in [0.25, 0.3) is 16.5 Å². The van der Waals surface area contributed by atoms with E-state index in [9.17, 15) is 4.79 Å². The van der Waals surface area contributed by atoms with Crippen molar-refractivity contribution in [3.8, 4) is 0 Å². The molecule has 2 aromatic rings. The predicted octanol–water partition coefficient (Wildman–Crippen LogP) is 3.62. The summed E-state index contributed by atoms with van der Waals surface area (Å²) >= 11 is 0. The van der Waals surface area contributed by atoms with E-state index in [1.807, 2.05) is 7.05 Å². The third-order valence-corrected chi connectivity index (χ3v) is 4.07. The fraction of sp³-hybridized carbons (Fsp3) is 0.353. The second-order valence-electron chi connectivity index (χ2n) is 5.53. The molecule has 3 nitrogen and oxygen atoms in total. The Hall–Kier alpha value is -2.03. The number of aryl methyl sites for hydroxylation is 2. The maximum Gasteiger partial charge on any atom is 0.328 e. The number of hydrogen-bond donors (Lipinski definition) is 1. The highest BCUT2D eigenvalue weighted by Gasteiger charge is 2.29. The second kappa shape index (κ2) is 4.82. The lowest BCUT2D eigenvalue weighted by atomic mass is 9.98. The van der Waals surface area contributed by atoms with Crippen molar-refractivity contribution in [2.75, 3.05) is 0 Å². The summed E-state index contributed by atoms with van der Waals surface area (Å²) in [7, 11) is 2.04. The Bertz CT molecular complexity index is 705. The molecule has 0 bridgehead atoms. The molecule has 1 saturated carbocycles. The average Bonchev–Trinajstić information content (AvgIpc) is 3.20. The van der Waals surface area contributed by atoms with Gasteiger partial charge >= 0.3 is 5.97 Å². The van der Waals surface area contributed by atoms with Crippen LogP contribution in [0.1, 0.15) is 30.9 Å². The standard InChI is InChI=1S/C17H19NO2/c1-3-11-5-4-6-13-15(10-18(2)17(11)13)14(9-16(19)20)12-7-8-12/h4-6,9-10,12H,3,7-8H2,1-2H3,(H,19,20)/b14-9+. The molecule has 1 aromatic carbocycles. The largest absolute Gasteiger partial charge is 0.478 e. The van der Waals surface area contributed by atoms with Crippen LogP contribution in [0.4, 0.5) is 0 Å². The van der Waals surface area contributed by atoms with Crippen molar-refractivity contribution >= 4 is 22.4 Å². The summed E-state index contributed by atoms with van der Waals surface area (Å²) in [4.78, 5) is 11.1. The molecule has 1 aliphatic carbocycles. The van der Waals surface area contributed by atoms with Crippen molar-refractivity contribution < 1.29 is 9.90 Å². The molecule has 20 heavy (non-hydrogen) atoms. The van der Waals surface area contributed by atoms with Gasteiger partial charge in [0.2, 0.25) is 0 Å². The summed E-state index contributed by atoms with van der Waals surface area (Å²) in [6.45, 7) is 2.15. The first-order chi connectivity index (χ1) is 9.61. The van der Waals surface area contributed by atoms with Crippen molar-refractivity contribution in [1.29, 1.82) is 0 Å². The lowest BCUT2D eigenvalue weighted by Gasteiger charge is -2.05. The molecule has 0 saturated heterocycles. The summed E-state index contributed by atoms with van der Waals surface area (Å²) in [5.74, 6) is -0.433. The number of carboxylic acid groups (broad SMARTS) is 1. The van der Waals surface area contributed by atoms with Gasteiger partial charge in [-0.25, -0.2) is 4.79 Å². The molecule has 0 unspecified atom stereocenters. The van der Waals surface area contributed by atoms with Crippen molar-refractivity contribution in [3.63, 3.8) is 0 Å². The van der Waals surface area contributed by atoms with Gasteiger partial charge in [-0.05, 0) is 36.3 Å². The predicted molar refractivity (Wildman–Crippen MR) is 80.6 cm³/mol. The first-order valence-corrected chi connectivity index (χ1v) is 7.13. The molecule has 0 atom stereocenters. The van der Waals surface area contributed by atoms with Crippen LogP contribution >= 0.6 is 0 Å². The van der Waals surface area contributed by atoms with E-state index in [4.69, 9.17) is 5.11 Å². The summed E-state index contributed by atoms with van der Waals surface area (Å²) in [5.41, 5.74) is 4.60. The molecule has 1 aromatic heterocycles. The summed E-state index contributed by atoms with van der Waals surface area (Å²) in [5, 5.41) is 10.3. The van der Waals surface area contributed by atoms with Crippen molar-refractivity contribution in [1.82, 2.24) is 4.57 Å². The first kappa shape index (κ1) is 13.0. The number of rotatable bonds is 4. The maximum absolute atomic E-state index is 11.1. The van der Waals surface area contributed by atoms with E-state index in [0.717, 1.165) is 30.4 Å². The Morgan fingerprint density at radius 1 is 1.45 bits per heavy atom. The Morgan fingerprint density at radius 3 is 2.80 bits per heavy atom. The Morgan fingerprint density at radius 2 is 2.20 bits per heavy atom. The monoisotopic (exact) mass is 269 g/mol. The molecule has 1 fully saturated rings. The van der Waals surface area contributed by atoms with Crippen molar-refractivity contribution in [3.05, 3.63) is 41.6 Å². The van der Waals surface area contributed by atoms with E-state index >= 15 is 0 Å². The molecule has 0 spiro atoms. The fourth-order valence-corrected chi connectivity index (χ4v) is 3.01. The highest BCUT2D eigenvalue weighted by atomic mass is 16.4. The van der Waals surface area contributed by atoms with Gasteiger partial charge in [0.15, 0.2) is 0 Å². The molecular formula is C17H19NO2. The van der Waals surface area contributed by atoms with Gasteiger partial charge in [0, 0.05) is 30.3 Å². The minimum atomic E-state index is -0.851. The molecule has 1 heterocycles. The highest BCUT2D eigenvalue weighted by Crippen LogP contribution is 2.44. The van der Waals surface area contributed by atoms with Crippen LogP contribution < -0.4 is 0 Å². The minimum absolute atomic E-state index is 0.419. The van der Waals surface area contributed by atoms with Gasteiger partial charge in [-0.2, -0.15) is 0 Å². The van der Waals surface area contributed by atoms with E-state index in [-0.39, 0.29) is 0 Å². The van der Waals surface area contributed by atoms with Crippen LogP contribution in [-0.2, 0) is 18.3 Å². The zero-order chi connectivity index (χ0) is 14.3. The number of allylic oxidation sites excluding steroid dienone is 1. The Balaban J connectivity index is 2.23. The quantitative estimate of drug-likeness (QED) is 0.861. The van der Waals surface area contributed by atoms with Crippen LogP contribution in [0.5, 0.6) is 0 Å². The number of nitrogens with zero attached hydrogens (tertiary/aromatic N) is 1. The van der Waals surface area contributed by atoms with Gasteiger partial charge in [0.1, 0.15) is 0 Å².